The van der Waals surface area contributed by atoms with Crippen molar-refractivity contribution in [3.8, 4) is 0 Å². The van der Waals surface area contributed by atoms with E-state index in [9.17, 15) is 5.11 Å². The van der Waals surface area contributed by atoms with Crippen molar-refractivity contribution in [3.05, 3.63) is 59.2 Å². The maximum absolute atomic E-state index is 10.7. The number of aliphatic hydroxyl groups is 1. The lowest BCUT2D eigenvalue weighted by Gasteiger charge is -2.36. The van der Waals surface area contributed by atoms with Gasteiger partial charge in [0.1, 0.15) is 24.7 Å². The molecule has 2 heterocycles. The van der Waals surface area contributed by atoms with E-state index in [1.54, 1.807) is 12.1 Å². The van der Waals surface area contributed by atoms with Crippen LogP contribution in [0.25, 0.3) is 0 Å². The van der Waals surface area contributed by atoms with Crippen LogP contribution in [0.1, 0.15) is 5.56 Å². The van der Waals surface area contributed by atoms with E-state index in [1.807, 2.05) is 36.5 Å². The summed E-state index contributed by atoms with van der Waals surface area (Å²) in [5, 5.41) is 15.4. The Bertz CT molecular complexity index is 716. The Kier molecular flexibility index (Phi) is 6.44. The zero-order valence-corrected chi connectivity index (χ0v) is 15.5. The first kappa shape index (κ1) is 18.6. The summed E-state index contributed by atoms with van der Waals surface area (Å²) in [7, 11) is 1.48. The van der Waals surface area contributed by atoms with Crippen LogP contribution in [0.3, 0.4) is 0 Å². The van der Waals surface area contributed by atoms with Crippen molar-refractivity contribution in [2.24, 2.45) is 5.16 Å². The summed E-state index contributed by atoms with van der Waals surface area (Å²) in [4.78, 5) is 13.8. The summed E-state index contributed by atoms with van der Waals surface area (Å²) in [6, 6.07) is 13.2. The maximum atomic E-state index is 10.7. The Morgan fingerprint density at radius 3 is 2.54 bits per heavy atom. The molecular formula is C19H23ClN4O2. The number of anilines is 1. The van der Waals surface area contributed by atoms with Crippen LogP contribution in [0.4, 0.5) is 5.82 Å². The first-order valence-corrected chi connectivity index (χ1v) is 8.98. The highest BCUT2D eigenvalue weighted by Crippen LogP contribution is 2.15. The van der Waals surface area contributed by atoms with Crippen molar-refractivity contribution in [1.29, 1.82) is 0 Å². The average molecular weight is 375 g/mol. The first-order valence-electron chi connectivity index (χ1n) is 8.61. The molecule has 1 atom stereocenters. The van der Waals surface area contributed by atoms with Gasteiger partial charge >= 0.3 is 0 Å². The number of oxime groups is 1. The minimum atomic E-state index is -0.738. The van der Waals surface area contributed by atoms with Gasteiger partial charge in [-0.05, 0) is 24.3 Å². The predicted octanol–water partition coefficient (Wildman–Crippen LogP) is 2.27. The lowest BCUT2D eigenvalue weighted by atomic mass is 10.0. The van der Waals surface area contributed by atoms with E-state index in [-0.39, 0.29) is 0 Å². The molecular weight excluding hydrogens is 352 g/mol. The Balaban J connectivity index is 1.59. The highest BCUT2D eigenvalue weighted by molar-refractivity contribution is 6.30. The molecule has 1 unspecified atom stereocenters. The van der Waals surface area contributed by atoms with Gasteiger partial charge in [-0.15, -0.1) is 0 Å². The van der Waals surface area contributed by atoms with Crippen molar-refractivity contribution in [2.75, 3.05) is 44.7 Å². The van der Waals surface area contributed by atoms with Gasteiger partial charge in [0.2, 0.25) is 0 Å². The van der Waals surface area contributed by atoms with Gasteiger partial charge in [0, 0.05) is 49.5 Å². The standard InChI is InChI=1S/C19H23ClN4O2/c1-26-22-19(15-5-7-16(20)8-6-15)17(25)14-23-10-12-24(13-11-23)18-4-2-3-9-21-18/h2-9,17,25H,10-14H2,1H3/b22-19-. The first-order chi connectivity index (χ1) is 12.7. The molecule has 1 aromatic carbocycles. The van der Waals surface area contributed by atoms with Gasteiger partial charge in [-0.3, -0.25) is 4.90 Å². The minimum absolute atomic E-state index is 0.501. The molecule has 2 aromatic rings. The number of rotatable bonds is 6. The van der Waals surface area contributed by atoms with Crippen LogP contribution in [0, 0.1) is 0 Å². The number of aromatic nitrogens is 1. The normalized spacial score (nSPS) is 17.2. The van der Waals surface area contributed by atoms with Gasteiger partial charge in [0.05, 0.1) is 0 Å². The number of hydrogen-bond donors (Lipinski definition) is 1. The molecule has 26 heavy (non-hydrogen) atoms. The Hall–Kier alpha value is -2.15. The van der Waals surface area contributed by atoms with Crippen LogP contribution in [-0.4, -0.2) is 66.6 Å². The number of nitrogens with zero attached hydrogens (tertiary/aromatic N) is 4. The van der Waals surface area contributed by atoms with Crippen molar-refractivity contribution in [3.63, 3.8) is 0 Å². The second-order valence-electron chi connectivity index (χ2n) is 6.16. The summed E-state index contributed by atoms with van der Waals surface area (Å²) >= 11 is 5.94. The van der Waals surface area contributed by atoms with Crippen molar-refractivity contribution in [1.82, 2.24) is 9.88 Å². The average Bonchev–Trinajstić information content (AvgIpc) is 2.68. The lowest BCUT2D eigenvalue weighted by molar-refractivity contribution is 0.146. The molecule has 1 aliphatic heterocycles. The van der Waals surface area contributed by atoms with Gasteiger partial charge in [-0.1, -0.05) is 35.0 Å². The zero-order valence-electron chi connectivity index (χ0n) is 14.8. The van der Waals surface area contributed by atoms with E-state index in [0.29, 0.717) is 17.3 Å². The van der Waals surface area contributed by atoms with Crippen LogP contribution < -0.4 is 4.90 Å². The lowest BCUT2D eigenvalue weighted by Crippen LogP contribution is -2.50. The fraction of sp³-hybridized carbons (Fsp3) is 0.368. The number of hydrogen-bond acceptors (Lipinski definition) is 6. The van der Waals surface area contributed by atoms with Crippen molar-refractivity contribution < 1.29 is 9.94 Å². The molecule has 0 saturated carbocycles. The third-order valence-electron chi connectivity index (χ3n) is 4.42. The maximum Gasteiger partial charge on any atom is 0.128 e. The quantitative estimate of drug-likeness (QED) is 0.621. The Morgan fingerprint density at radius 1 is 1.19 bits per heavy atom. The van der Waals surface area contributed by atoms with Gasteiger partial charge in [-0.2, -0.15) is 0 Å². The number of benzene rings is 1. The number of β-amino-alcohol motifs (C(OH)–C–C–N with tert-alkyl or cyclic N) is 1. The Labute approximate surface area is 158 Å². The molecule has 0 radical (unpaired) electrons. The molecule has 0 bridgehead atoms. The van der Waals surface area contributed by atoms with E-state index in [1.165, 1.54) is 7.11 Å². The van der Waals surface area contributed by atoms with E-state index in [0.717, 1.165) is 37.6 Å². The molecule has 1 aliphatic rings. The predicted molar refractivity (Wildman–Crippen MR) is 104 cm³/mol. The summed E-state index contributed by atoms with van der Waals surface area (Å²) < 4.78 is 0. The van der Waals surface area contributed by atoms with Crippen LogP contribution >= 0.6 is 11.6 Å². The fourth-order valence-corrected chi connectivity index (χ4v) is 3.18. The number of pyridine rings is 1. The van der Waals surface area contributed by atoms with Crippen molar-refractivity contribution in [2.45, 2.75) is 6.10 Å². The molecule has 1 aromatic heterocycles. The summed E-state index contributed by atoms with van der Waals surface area (Å²) in [5.74, 6) is 0.996. The number of aliphatic hydroxyl groups excluding tert-OH is 1. The molecule has 3 rings (SSSR count). The summed E-state index contributed by atoms with van der Waals surface area (Å²) in [5.41, 5.74) is 1.31. The third kappa shape index (κ3) is 4.72. The topological polar surface area (TPSA) is 61.2 Å². The molecule has 1 fully saturated rings. The SMILES string of the molecule is CO/N=C(/c1ccc(Cl)cc1)C(O)CN1CCN(c2ccccn2)CC1. The number of piperazine rings is 1. The van der Waals surface area contributed by atoms with Gasteiger partial charge < -0.3 is 14.8 Å². The fourth-order valence-electron chi connectivity index (χ4n) is 3.06. The molecule has 0 aliphatic carbocycles. The summed E-state index contributed by atoms with van der Waals surface area (Å²) in [6.07, 6.45) is 1.07. The molecule has 0 spiro atoms. The van der Waals surface area contributed by atoms with Crippen molar-refractivity contribution >= 4 is 23.1 Å². The molecule has 138 valence electrons. The van der Waals surface area contributed by atoms with Gasteiger partial charge in [0.15, 0.2) is 0 Å². The zero-order chi connectivity index (χ0) is 18.4. The van der Waals surface area contributed by atoms with E-state index < -0.39 is 6.10 Å². The summed E-state index contributed by atoms with van der Waals surface area (Å²) in [6.45, 7) is 3.97. The second kappa shape index (κ2) is 8.98. The molecule has 1 saturated heterocycles. The van der Waals surface area contributed by atoms with E-state index in [2.05, 4.69) is 19.9 Å². The smallest absolute Gasteiger partial charge is 0.128 e. The van der Waals surface area contributed by atoms with Crippen LogP contribution in [-0.2, 0) is 4.84 Å². The Morgan fingerprint density at radius 2 is 1.92 bits per heavy atom. The largest absolute Gasteiger partial charge is 0.399 e. The monoisotopic (exact) mass is 374 g/mol. The van der Waals surface area contributed by atoms with Gasteiger partial charge in [-0.25, -0.2) is 4.98 Å². The highest BCUT2D eigenvalue weighted by Gasteiger charge is 2.23. The van der Waals surface area contributed by atoms with Crippen LogP contribution in [0.2, 0.25) is 5.02 Å². The van der Waals surface area contributed by atoms with Crippen LogP contribution in [0.15, 0.2) is 53.8 Å². The molecule has 7 heteroatoms. The van der Waals surface area contributed by atoms with Gasteiger partial charge in [0.25, 0.3) is 0 Å². The molecule has 0 amide bonds. The number of halogens is 1. The van der Waals surface area contributed by atoms with E-state index >= 15 is 0 Å². The second-order valence-corrected chi connectivity index (χ2v) is 6.59. The molecule has 6 nitrogen and oxygen atoms in total. The molecule has 1 N–H and O–H groups in total. The minimum Gasteiger partial charge on any atom is -0.399 e. The third-order valence-corrected chi connectivity index (χ3v) is 4.67. The highest BCUT2D eigenvalue weighted by atomic mass is 35.5. The van der Waals surface area contributed by atoms with E-state index in [4.69, 9.17) is 16.4 Å². The van der Waals surface area contributed by atoms with Crippen LogP contribution in [0.5, 0.6) is 0 Å².